The zero-order valence-corrected chi connectivity index (χ0v) is 15.9. The highest BCUT2D eigenvalue weighted by Gasteiger charge is 2.07. The zero-order chi connectivity index (χ0) is 19.6. The van der Waals surface area contributed by atoms with Crippen LogP contribution in [0.1, 0.15) is 44.2 Å². The lowest BCUT2D eigenvalue weighted by atomic mass is 9.99. The second-order valence-corrected chi connectivity index (χ2v) is 6.09. The molecular formula is C21H26N2O4. The Hall–Kier alpha value is -3.02. The highest BCUT2D eigenvalue weighted by atomic mass is 16.5. The Morgan fingerprint density at radius 3 is 2.59 bits per heavy atom. The van der Waals surface area contributed by atoms with E-state index in [2.05, 4.69) is 24.4 Å². The minimum Gasteiger partial charge on any atom is -0.504 e. The van der Waals surface area contributed by atoms with E-state index in [-0.39, 0.29) is 12.4 Å². The number of amides is 1. The molecule has 1 amide bonds. The maximum atomic E-state index is 11.8. The molecule has 0 saturated heterocycles. The monoisotopic (exact) mass is 370 g/mol. The zero-order valence-electron chi connectivity index (χ0n) is 15.9. The predicted octanol–water partition coefficient (Wildman–Crippen LogP) is 3.83. The number of phenols is 1. The standard InChI is InChI=1S/C21H26N2O4/c1-4-15(3)16-9-11-18(12-10-16)27-14-20(24)23-22-13-17-7-6-8-19(21(17)25)26-5-2/h6-13,15,25H,4-5,14H2,1-3H3,(H,23,24)/b22-13-/t15-/m0/s1. The number of rotatable bonds is 9. The van der Waals surface area contributed by atoms with Crippen LogP contribution in [-0.4, -0.2) is 30.4 Å². The third kappa shape index (κ3) is 6.02. The highest BCUT2D eigenvalue weighted by Crippen LogP contribution is 2.28. The molecule has 1 atom stereocenters. The summed E-state index contributed by atoms with van der Waals surface area (Å²) >= 11 is 0. The summed E-state index contributed by atoms with van der Waals surface area (Å²) in [5.41, 5.74) is 4.06. The smallest absolute Gasteiger partial charge is 0.277 e. The normalized spacial score (nSPS) is 12.0. The van der Waals surface area contributed by atoms with Crippen molar-refractivity contribution in [3.05, 3.63) is 53.6 Å². The van der Waals surface area contributed by atoms with E-state index in [9.17, 15) is 9.90 Å². The molecule has 0 aliphatic rings. The fraction of sp³-hybridized carbons (Fsp3) is 0.333. The molecule has 6 nitrogen and oxygen atoms in total. The average molecular weight is 370 g/mol. The van der Waals surface area contributed by atoms with Crippen LogP contribution in [0.2, 0.25) is 0 Å². The minimum absolute atomic E-state index is 0.0185. The van der Waals surface area contributed by atoms with Crippen molar-refractivity contribution in [3.8, 4) is 17.2 Å². The molecule has 0 fully saturated rings. The second-order valence-electron chi connectivity index (χ2n) is 6.09. The minimum atomic E-state index is -0.391. The lowest BCUT2D eigenvalue weighted by Gasteiger charge is -2.10. The van der Waals surface area contributed by atoms with Gasteiger partial charge in [0.25, 0.3) is 5.91 Å². The molecule has 27 heavy (non-hydrogen) atoms. The van der Waals surface area contributed by atoms with E-state index in [1.54, 1.807) is 18.2 Å². The summed E-state index contributed by atoms with van der Waals surface area (Å²) in [6.07, 6.45) is 2.43. The van der Waals surface area contributed by atoms with Crippen molar-refractivity contribution in [1.29, 1.82) is 0 Å². The Balaban J connectivity index is 1.84. The molecule has 0 aromatic heterocycles. The maximum absolute atomic E-state index is 11.8. The van der Waals surface area contributed by atoms with E-state index >= 15 is 0 Å². The quantitative estimate of drug-likeness (QED) is 0.519. The number of benzene rings is 2. The van der Waals surface area contributed by atoms with Crippen molar-refractivity contribution in [3.63, 3.8) is 0 Å². The number of nitrogens with zero attached hydrogens (tertiary/aromatic N) is 1. The number of hydrogen-bond donors (Lipinski definition) is 2. The van der Waals surface area contributed by atoms with Crippen molar-refractivity contribution >= 4 is 12.1 Å². The first-order chi connectivity index (χ1) is 13.0. The number of para-hydroxylation sites is 1. The van der Waals surface area contributed by atoms with Crippen LogP contribution >= 0.6 is 0 Å². The molecule has 0 saturated carbocycles. The highest BCUT2D eigenvalue weighted by molar-refractivity contribution is 5.86. The van der Waals surface area contributed by atoms with Gasteiger partial charge in [0.2, 0.25) is 0 Å². The van der Waals surface area contributed by atoms with Crippen LogP contribution in [0.5, 0.6) is 17.2 Å². The van der Waals surface area contributed by atoms with E-state index in [0.717, 1.165) is 6.42 Å². The number of hydrazone groups is 1. The summed E-state index contributed by atoms with van der Waals surface area (Å²) in [7, 11) is 0. The van der Waals surface area contributed by atoms with Crippen molar-refractivity contribution in [1.82, 2.24) is 5.43 Å². The molecular weight excluding hydrogens is 344 g/mol. The lowest BCUT2D eigenvalue weighted by molar-refractivity contribution is -0.123. The van der Waals surface area contributed by atoms with Gasteiger partial charge in [0.05, 0.1) is 12.8 Å². The van der Waals surface area contributed by atoms with Gasteiger partial charge in [-0.1, -0.05) is 32.0 Å². The molecule has 0 bridgehead atoms. The molecule has 0 spiro atoms. The summed E-state index contributed by atoms with van der Waals surface area (Å²) in [4.78, 5) is 11.8. The first-order valence-electron chi connectivity index (χ1n) is 9.04. The first kappa shape index (κ1) is 20.3. The van der Waals surface area contributed by atoms with E-state index in [0.29, 0.717) is 29.6 Å². The number of carbonyl (C=O) groups is 1. The van der Waals surface area contributed by atoms with Gasteiger partial charge in [-0.3, -0.25) is 4.79 Å². The first-order valence-corrected chi connectivity index (χ1v) is 9.04. The van der Waals surface area contributed by atoms with E-state index in [1.807, 2.05) is 31.2 Å². The van der Waals surface area contributed by atoms with E-state index < -0.39 is 5.91 Å². The summed E-state index contributed by atoms with van der Waals surface area (Å²) < 4.78 is 10.8. The van der Waals surface area contributed by atoms with Crippen molar-refractivity contribution in [2.24, 2.45) is 5.10 Å². The molecule has 144 valence electrons. The van der Waals surface area contributed by atoms with Crippen molar-refractivity contribution in [2.45, 2.75) is 33.1 Å². The van der Waals surface area contributed by atoms with Gasteiger partial charge < -0.3 is 14.6 Å². The number of phenolic OH excluding ortho intramolecular Hbond substituents is 1. The van der Waals surface area contributed by atoms with Crippen LogP contribution in [0.4, 0.5) is 0 Å². The maximum Gasteiger partial charge on any atom is 0.277 e. The summed E-state index contributed by atoms with van der Waals surface area (Å²) in [5.74, 6) is 1.09. The average Bonchev–Trinajstić information content (AvgIpc) is 2.69. The lowest BCUT2D eigenvalue weighted by Crippen LogP contribution is -2.24. The van der Waals surface area contributed by atoms with Crippen molar-refractivity contribution < 1.29 is 19.4 Å². The van der Waals surface area contributed by atoms with Gasteiger partial charge in [-0.15, -0.1) is 0 Å². The summed E-state index contributed by atoms with van der Waals surface area (Å²) in [6, 6.07) is 12.8. The van der Waals surface area contributed by atoms with E-state index in [1.165, 1.54) is 11.8 Å². The van der Waals surface area contributed by atoms with Crippen LogP contribution in [-0.2, 0) is 4.79 Å². The summed E-state index contributed by atoms with van der Waals surface area (Å²) in [5, 5.41) is 13.9. The van der Waals surface area contributed by atoms with Gasteiger partial charge in [-0.2, -0.15) is 5.10 Å². The second kappa shape index (κ2) is 10.2. The van der Waals surface area contributed by atoms with Crippen LogP contribution in [0.3, 0.4) is 0 Å². The van der Waals surface area contributed by atoms with E-state index in [4.69, 9.17) is 9.47 Å². The Bertz CT molecular complexity index is 772. The molecule has 2 aromatic carbocycles. The Morgan fingerprint density at radius 1 is 1.19 bits per heavy atom. The van der Waals surface area contributed by atoms with Gasteiger partial charge in [0.1, 0.15) is 5.75 Å². The van der Waals surface area contributed by atoms with Gasteiger partial charge in [-0.05, 0) is 49.1 Å². The third-order valence-corrected chi connectivity index (χ3v) is 4.15. The Kier molecular flexibility index (Phi) is 7.67. The molecule has 0 aliphatic heterocycles. The molecule has 0 heterocycles. The predicted molar refractivity (Wildman–Crippen MR) is 106 cm³/mol. The van der Waals surface area contributed by atoms with Gasteiger partial charge in [-0.25, -0.2) is 5.43 Å². The fourth-order valence-corrected chi connectivity index (χ4v) is 2.40. The number of ether oxygens (including phenoxy) is 2. The van der Waals surface area contributed by atoms with Crippen molar-refractivity contribution in [2.75, 3.05) is 13.2 Å². The molecule has 0 unspecified atom stereocenters. The molecule has 0 radical (unpaired) electrons. The molecule has 0 aliphatic carbocycles. The van der Waals surface area contributed by atoms with Crippen LogP contribution in [0, 0.1) is 0 Å². The van der Waals surface area contributed by atoms with Gasteiger partial charge >= 0.3 is 0 Å². The van der Waals surface area contributed by atoms with Crippen LogP contribution < -0.4 is 14.9 Å². The molecule has 2 aromatic rings. The van der Waals surface area contributed by atoms with Gasteiger partial charge in [0, 0.05) is 5.56 Å². The fourth-order valence-electron chi connectivity index (χ4n) is 2.40. The van der Waals surface area contributed by atoms with Crippen LogP contribution in [0.15, 0.2) is 47.6 Å². The topological polar surface area (TPSA) is 80.2 Å². The number of carbonyl (C=O) groups excluding carboxylic acids is 1. The number of nitrogens with one attached hydrogen (secondary N) is 1. The van der Waals surface area contributed by atoms with Gasteiger partial charge in [0.15, 0.2) is 18.1 Å². The summed E-state index contributed by atoms with van der Waals surface area (Å²) in [6.45, 7) is 6.44. The Labute approximate surface area is 159 Å². The number of aromatic hydroxyl groups is 1. The number of hydrogen-bond acceptors (Lipinski definition) is 5. The third-order valence-electron chi connectivity index (χ3n) is 4.15. The largest absolute Gasteiger partial charge is 0.504 e. The molecule has 6 heteroatoms. The van der Waals surface area contributed by atoms with Crippen LogP contribution in [0.25, 0.3) is 0 Å². The molecule has 2 rings (SSSR count). The Morgan fingerprint density at radius 2 is 1.93 bits per heavy atom. The molecule has 2 N–H and O–H groups in total. The SMILES string of the molecule is CCOc1cccc(/C=N\NC(=O)COc2ccc([C@@H](C)CC)cc2)c1O.